The van der Waals surface area contributed by atoms with Crippen LogP contribution >= 0.6 is 0 Å². The molecule has 4 heterocycles. The van der Waals surface area contributed by atoms with E-state index in [-0.39, 0.29) is 50.1 Å². The largest absolute Gasteiger partial charge is 2.00 e. The molecular weight excluding hydrogens is 649 g/mol. The van der Waals surface area contributed by atoms with Crippen LogP contribution in [0.5, 0.6) is 0 Å². The van der Waals surface area contributed by atoms with Crippen LogP contribution in [0.2, 0.25) is 0 Å². The van der Waals surface area contributed by atoms with E-state index >= 15 is 0 Å². The van der Waals surface area contributed by atoms with Crippen molar-refractivity contribution < 1.29 is 58.0 Å². The molecule has 0 aliphatic heterocycles. The van der Waals surface area contributed by atoms with Crippen molar-refractivity contribution in [1.29, 1.82) is 0 Å². The number of hydrogen-bond acceptors (Lipinski definition) is 12. The van der Waals surface area contributed by atoms with Gasteiger partial charge in [-0.1, -0.05) is 0 Å². The summed E-state index contributed by atoms with van der Waals surface area (Å²) in [6.07, 6.45) is 12.8. The number of aromatic nitrogens is 4. The van der Waals surface area contributed by atoms with E-state index in [1.165, 1.54) is 12.4 Å². The number of carbonyl (C=O) groups is 2. The Hall–Kier alpha value is -5.22. The molecule has 0 bridgehead atoms. The molecule has 18 nitrogen and oxygen atoms in total. The molecule has 0 saturated carbocycles. The number of rotatable bonds is 4. The van der Waals surface area contributed by atoms with E-state index in [1.54, 1.807) is 85.7 Å². The maximum absolute atomic E-state index is 11.6. The van der Waals surface area contributed by atoms with Gasteiger partial charge in [-0.25, -0.2) is 0 Å². The average molecular weight is 673 g/mol. The molecule has 0 fully saturated rings. The average Bonchev–Trinajstić information content (AvgIpc) is 2.91. The van der Waals surface area contributed by atoms with Crippen LogP contribution in [0, 0.1) is 30.6 Å². The van der Waals surface area contributed by atoms with Gasteiger partial charge in [0.05, 0.1) is 21.3 Å². The van der Waals surface area contributed by atoms with E-state index < -0.39 is 10.2 Å². The second-order valence-electron chi connectivity index (χ2n) is 6.31. The van der Waals surface area contributed by atoms with E-state index in [1.807, 2.05) is 0 Å². The van der Waals surface area contributed by atoms with Gasteiger partial charge >= 0.3 is 27.3 Å². The molecule has 8 N–H and O–H groups in total. The molecule has 0 atom stereocenters. The number of amides is 2. The van der Waals surface area contributed by atoms with Gasteiger partial charge in [-0.2, -0.15) is 0 Å². The predicted octanol–water partition coefficient (Wildman–Crippen LogP) is 1.13. The molecule has 0 aliphatic rings. The van der Waals surface area contributed by atoms with Crippen LogP contribution in [0.3, 0.4) is 0 Å². The Kier molecular flexibility index (Phi) is 23.4. The van der Waals surface area contributed by atoms with Crippen LogP contribution in [-0.4, -0.2) is 41.9 Å². The van der Waals surface area contributed by atoms with E-state index in [0.29, 0.717) is 11.1 Å². The second kappa shape index (κ2) is 23.9. The van der Waals surface area contributed by atoms with Gasteiger partial charge in [-0.05, 0) is 48.5 Å². The fourth-order valence-corrected chi connectivity index (χ4v) is 2.27. The molecule has 0 spiro atoms. The zero-order valence-corrected chi connectivity index (χ0v) is 25.1. The summed E-state index contributed by atoms with van der Waals surface area (Å²) in [7, 11) is 0. The zero-order valence-electron chi connectivity index (χ0n) is 21.0. The van der Waals surface area contributed by atoms with Crippen LogP contribution in [-0.2, 0) is 38.3 Å². The summed E-state index contributed by atoms with van der Waals surface area (Å²) in [5, 5.41) is 35.0. The van der Waals surface area contributed by atoms with Crippen molar-refractivity contribution in [3.05, 3.63) is 140 Å². The third-order valence-corrected chi connectivity index (χ3v) is 3.72. The van der Waals surface area contributed by atoms with Gasteiger partial charge in [0, 0.05) is 60.9 Å². The molecular formula is C22H24CdN8O10+2. The van der Waals surface area contributed by atoms with Gasteiger partial charge in [0.1, 0.15) is 0 Å². The number of carbonyl (C=O) groups excluding carboxylic acids is 2. The van der Waals surface area contributed by atoms with Crippen molar-refractivity contribution in [3.8, 4) is 0 Å². The second-order valence-corrected chi connectivity index (χ2v) is 6.31. The normalized spacial score (nSPS) is 8.20. The summed E-state index contributed by atoms with van der Waals surface area (Å²) in [5.74, 6) is -0.344. The molecule has 4 aromatic heterocycles. The number of hydrogen-bond donors (Lipinski definition) is 2. The van der Waals surface area contributed by atoms with E-state index in [9.17, 15) is 9.59 Å². The van der Waals surface area contributed by atoms with Crippen LogP contribution in [0.25, 0.3) is 0 Å². The SMILES string of the molecule is O=C(Nc1ccncc1)c1cccnc1.O=C(Nc1ccncc1)c1cccnc1.O=[N+]([O-])[O-].O=[N+]([O-])[O-].[Cd+2].[OH3+].[OH3+]. The van der Waals surface area contributed by atoms with Crippen molar-refractivity contribution in [3.63, 3.8) is 0 Å². The molecule has 4 rings (SSSR count). The summed E-state index contributed by atoms with van der Waals surface area (Å²) in [6, 6.07) is 13.8. The molecule has 0 unspecified atom stereocenters. The molecule has 4 aromatic rings. The molecule has 0 aliphatic carbocycles. The Morgan fingerprint density at radius 2 is 0.854 bits per heavy atom. The summed E-state index contributed by atoms with van der Waals surface area (Å²) in [6.45, 7) is 0. The number of anilines is 2. The molecule has 0 aromatic carbocycles. The summed E-state index contributed by atoms with van der Waals surface area (Å²) in [4.78, 5) is 55.3. The fraction of sp³-hybridized carbons (Fsp3) is 0. The standard InChI is InChI=1S/2C11H9N3O.Cd.2NO3.2H2O/c2*15-11(9-2-1-5-13-8-9)14-10-3-6-12-7-4-10;;2*2-1(3)4;;/h2*1-8H,(H,12,14,15);;;;2*1H2/q;;+2;2*-1;;/p+2. The Balaban J connectivity index is -0.000000529. The number of nitrogens with zero attached hydrogens (tertiary/aromatic N) is 6. The molecule has 19 heteroatoms. The minimum atomic E-state index is -1.75. The van der Waals surface area contributed by atoms with Crippen LogP contribution in [0.4, 0.5) is 11.4 Å². The molecule has 0 radical (unpaired) electrons. The summed E-state index contributed by atoms with van der Waals surface area (Å²) >= 11 is 0. The number of nitrogens with one attached hydrogen (secondary N) is 2. The minimum Gasteiger partial charge on any atom is -0.457 e. The van der Waals surface area contributed by atoms with Gasteiger partial charge in [0.2, 0.25) is 0 Å². The van der Waals surface area contributed by atoms with E-state index in [0.717, 1.165) is 11.4 Å². The van der Waals surface area contributed by atoms with E-state index in [2.05, 4.69) is 30.6 Å². The third-order valence-electron chi connectivity index (χ3n) is 3.72. The van der Waals surface area contributed by atoms with Crippen molar-refractivity contribution in [1.82, 2.24) is 19.9 Å². The molecule has 0 saturated heterocycles. The monoisotopic (exact) mass is 674 g/mol. The number of pyridine rings is 4. The van der Waals surface area contributed by atoms with Crippen molar-refractivity contribution in [2.24, 2.45) is 0 Å². The Morgan fingerprint density at radius 3 is 1.10 bits per heavy atom. The third kappa shape index (κ3) is 20.4. The van der Waals surface area contributed by atoms with Gasteiger partial charge in [-0.15, -0.1) is 0 Å². The van der Waals surface area contributed by atoms with Crippen molar-refractivity contribution >= 4 is 23.2 Å². The molecule has 2 amide bonds. The first-order valence-electron chi connectivity index (χ1n) is 10.0. The maximum atomic E-state index is 11.6. The zero-order chi connectivity index (χ0) is 28.2. The predicted molar refractivity (Wildman–Crippen MR) is 143 cm³/mol. The first-order chi connectivity index (χ1) is 18.2. The van der Waals surface area contributed by atoms with Crippen molar-refractivity contribution in [2.75, 3.05) is 10.6 Å². The summed E-state index contributed by atoms with van der Waals surface area (Å²) in [5.41, 5.74) is 2.52. The first kappa shape index (κ1) is 40.3. The maximum Gasteiger partial charge on any atom is 2.00 e. The first-order valence-corrected chi connectivity index (χ1v) is 10.0. The molecule has 41 heavy (non-hydrogen) atoms. The van der Waals surface area contributed by atoms with Gasteiger partial charge in [-0.3, -0.25) is 29.5 Å². The van der Waals surface area contributed by atoms with Gasteiger partial charge in [0.25, 0.3) is 11.8 Å². The topological polar surface area (TPSA) is 308 Å². The summed E-state index contributed by atoms with van der Waals surface area (Å²) < 4.78 is 0. The fourth-order valence-electron chi connectivity index (χ4n) is 2.27. The van der Waals surface area contributed by atoms with Crippen LogP contribution < -0.4 is 10.6 Å². The van der Waals surface area contributed by atoms with Crippen LogP contribution in [0.1, 0.15) is 20.7 Å². The minimum absolute atomic E-state index is 0. The Labute approximate surface area is 251 Å². The Bertz CT molecular complexity index is 1170. The van der Waals surface area contributed by atoms with Crippen LogP contribution in [0.15, 0.2) is 98.1 Å². The van der Waals surface area contributed by atoms with E-state index in [4.69, 9.17) is 30.6 Å². The molecule has 212 valence electrons. The smallest absolute Gasteiger partial charge is 0.457 e. The van der Waals surface area contributed by atoms with Gasteiger partial charge in [0.15, 0.2) is 0 Å². The van der Waals surface area contributed by atoms with Crippen molar-refractivity contribution in [2.45, 2.75) is 0 Å². The quantitative estimate of drug-likeness (QED) is 0.133. The Morgan fingerprint density at radius 1 is 0.561 bits per heavy atom. The van der Waals surface area contributed by atoms with Gasteiger partial charge < -0.3 is 52.2 Å².